The molecule has 0 aliphatic carbocycles. The van der Waals surface area contributed by atoms with E-state index in [4.69, 9.17) is 4.74 Å². The number of rotatable bonds is 2. The van der Waals surface area contributed by atoms with E-state index in [9.17, 15) is 14.7 Å². The number of hydrogen-bond donors (Lipinski definition) is 3. The lowest BCUT2D eigenvalue weighted by Crippen LogP contribution is -2.48. The van der Waals surface area contributed by atoms with Crippen LogP contribution in [0.4, 0.5) is 0 Å². The summed E-state index contributed by atoms with van der Waals surface area (Å²) in [6.07, 6.45) is 0.327. The van der Waals surface area contributed by atoms with Gasteiger partial charge in [-0.3, -0.25) is 10.1 Å². The summed E-state index contributed by atoms with van der Waals surface area (Å²) in [5.41, 5.74) is 1.81. The molecule has 6 heteroatoms. The number of aromatic nitrogens is 1. The van der Waals surface area contributed by atoms with Crippen molar-refractivity contribution < 1.29 is 19.4 Å². The molecule has 6 nitrogen and oxygen atoms in total. The van der Waals surface area contributed by atoms with Gasteiger partial charge in [0, 0.05) is 23.0 Å². The van der Waals surface area contributed by atoms with Crippen molar-refractivity contribution in [2.75, 3.05) is 0 Å². The van der Waals surface area contributed by atoms with Crippen LogP contribution in [-0.4, -0.2) is 33.7 Å². The second kappa shape index (κ2) is 5.38. The highest BCUT2D eigenvalue weighted by molar-refractivity contribution is 5.90. The zero-order chi connectivity index (χ0) is 16.8. The number of aromatic amines is 1. The number of ether oxygens (including phenoxy) is 1. The molecular formula is C17H20N2O4. The summed E-state index contributed by atoms with van der Waals surface area (Å²) in [6.45, 7) is 5.36. The number of carbonyl (C=O) groups is 2. The van der Waals surface area contributed by atoms with Gasteiger partial charge in [-0.1, -0.05) is 18.2 Å². The minimum absolute atomic E-state index is 0.327. The van der Waals surface area contributed by atoms with Crippen LogP contribution in [0.2, 0.25) is 0 Å². The minimum Gasteiger partial charge on any atom is -0.480 e. The van der Waals surface area contributed by atoms with E-state index in [1.807, 2.05) is 24.3 Å². The monoisotopic (exact) mass is 316 g/mol. The number of para-hydroxylation sites is 1. The van der Waals surface area contributed by atoms with Gasteiger partial charge in [-0.25, -0.2) is 4.79 Å². The Morgan fingerprint density at radius 1 is 1.26 bits per heavy atom. The van der Waals surface area contributed by atoms with Crippen LogP contribution in [0.5, 0.6) is 0 Å². The molecule has 1 aromatic carbocycles. The van der Waals surface area contributed by atoms with Crippen molar-refractivity contribution in [1.29, 1.82) is 0 Å². The largest absolute Gasteiger partial charge is 0.480 e. The Morgan fingerprint density at radius 3 is 2.61 bits per heavy atom. The molecule has 1 aliphatic heterocycles. The first-order chi connectivity index (χ1) is 10.8. The fraction of sp³-hybridized carbons (Fsp3) is 0.412. The molecule has 0 spiro atoms. The number of nitrogens with one attached hydrogen (secondary N) is 2. The van der Waals surface area contributed by atoms with E-state index in [2.05, 4.69) is 10.3 Å². The third-order valence-electron chi connectivity index (χ3n) is 3.85. The van der Waals surface area contributed by atoms with Gasteiger partial charge in [-0.2, -0.15) is 0 Å². The van der Waals surface area contributed by atoms with Gasteiger partial charge in [-0.15, -0.1) is 0 Å². The molecular weight excluding hydrogens is 296 g/mol. The maximum Gasteiger partial charge on any atom is 0.329 e. The van der Waals surface area contributed by atoms with E-state index >= 15 is 0 Å². The predicted octanol–water partition coefficient (Wildman–Crippen LogP) is 2.15. The van der Waals surface area contributed by atoms with Crippen molar-refractivity contribution in [3.63, 3.8) is 0 Å². The average molecular weight is 316 g/mol. The topological polar surface area (TPSA) is 91.4 Å². The van der Waals surface area contributed by atoms with E-state index in [1.165, 1.54) is 0 Å². The van der Waals surface area contributed by atoms with Crippen LogP contribution in [0, 0.1) is 0 Å². The zero-order valence-corrected chi connectivity index (χ0v) is 13.3. The molecule has 0 radical (unpaired) electrons. The van der Waals surface area contributed by atoms with Crippen molar-refractivity contribution in [2.24, 2.45) is 0 Å². The number of aliphatic carboxylic acids is 1. The first kappa shape index (κ1) is 15.6. The standard InChI is InChI=1S/C17H20N2O4/c1-17(2,3)23-16(22)14-13-10(8-12(19-14)15(20)21)9-6-4-5-7-11(9)18-13/h4-7,12,14,18-19H,8H2,1-3H3,(H,20,21)/t12-,14+/m1/s1. The van der Waals surface area contributed by atoms with Crippen molar-refractivity contribution in [1.82, 2.24) is 10.3 Å². The van der Waals surface area contributed by atoms with Gasteiger partial charge in [0.2, 0.25) is 0 Å². The lowest BCUT2D eigenvalue weighted by molar-refractivity contribution is -0.158. The van der Waals surface area contributed by atoms with Gasteiger partial charge in [0.25, 0.3) is 0 Å². The van der Waals surface area contributed by atoms with Crippen LogP contribution < -0.4 is 5.32 Å². The van der Waals surface area contributed by atoms with E-state index in [0.717, 1.165) is 16.5 Å². The maximum atomic E-state index is 12.5. The smallest absolute Gasteiger partial charge is 0.329 e. The van der Waals surface area contributed by atoms with Crippen molar-refractivity contribution >= 4 is 22.8 Å². The van der Waals surface area contributed by atoms with Crippen LogP contribution in [0.1, 0.15) is 38.1 Å². The minimum atomic E-state index is -0.977. The predicted molar refractivity (Wildman–Crippen MR) is 85.1 cm³/mol. The third-order valence-corrected chi connectivity index (χ3v) is 3.85. The molecule has 1 aromatic heterocycles. The van der Waals surface area contributed by atoms with Gasteiger partial charge in [-0.05, 0) is 32.4 Å². The van der Waals surface area contributed by atoms with Crippen LogP contribution in [0.25, 0.3) is 10.9 Å². The quantitative estimate of drug-likeness (QED) is 0.738. The summed E-state index contributed by atoms with van der Waals surface area (Å²) in [4.78, 5) is 27.2. The van der Waals surface area contributed by atoms with Gasteiger partial charge in [0.15, 0.2) is 0 Å². The molecule has 0 unspecified atom stereocenters. The summed E-state index contributed by atoms with van der Waals surface area (Å²) >= 11 is 0. The van der Waals surface area contributed by atoms with Crippen molar-refractivity contribution in [3.05, 3.63) is 35.5 Å². The molecule has 0 fully saturated rings. The number of carboxylic acids is 1. The van der Waals surface area contributed by atoms with Crippen LogP contribution >= 0.6 is 0 Å². The Labute approximate surface area is 133 Å². The highest BCUT2D eigenvalue weighted by atomic mass is 16.6. The average Bonchev–Trinajstić information content (AvgIpc) is 2.82. The van der Waals surface area contributed by atoms with Crippen LogP contribution in [-0.2, 0) is 20.7 Å². The molecule has 0 saturated heterocycles. The lowest BCUT2D eigenvalue weighted by Gasteiger charge is -2.30. The molecule has 2 heterocycles. The molecule has 2 atom stereocenters. The molecule has 2 aromatic rings. The Bertz CT molecular complexity index is 772. The normalized spacial score (nSPS) is 21.0. The molecule has 3 rings (SSSR count). The fourth-order valence-corrected chi connectivity index (χ4v) is 2.94. The van der Waals surface area contributed by atoms with Crippen molar-refractivity contribution in [2.45, 2.75) is 44.9 Å². The molecule has 1 aliphatic rings. The van der Waals surface area contributed by atoms with E-state index in [1.54, 1.807) is 20.8 Å². The molecule has 0 bridgehead atoms. The molecule has 23 heavy (non-hydrogen) atoms. The number of H-pyrrole nitrogens is 1. The summed E-state index contributed by atoms with van der Waals surface area (Å²) in [5, 5.41) is 13.2. The number of hydrogen-bond acceptors (Lipinski definition) is 4. The van der Waals surface area contributed by atoms with Gasteiger partial charge in [0.1, 0.15) is 17.7 Å². The molecule has 122 valence electrons. The van der Waals surface area contributed by atoms with Crippen LogP contribution in [0.15, 0.2) is 24.3 Å². The molecule has 0 amide bonds. The molecule has 3 N–H and O–H groups in total. The first-order valence-electron chi connectivity index (χ1n) is 7.57. The SMILES string of the molecule is CC(C)(C)OC(=O)[C@H]1N[C@@H](C(=O)O)Cc2c1[nH]c1ccccc21. The summed E-state index contributed by atoms with van der Waals surface area (Å²) in [6, 6.07) is 6.01. The van der Waals surface area contributed by atoms with Crippen molar-refractivity contribution in [3.8, 4) is 0 Å². The second-order valence-electron chi connectivity index (χ2n) is 6.79. The van der Waals surface area contributed by atoms with Gasteiger partial charge >= 0.3 is 11.9 Å². The highest BCUT2D eigenvalue weighted by Gasteiger charge is 2.38. The highest BCUT2D eigenvalue weighted by Crippen LogP contribution is 2.33. The Kier molecular flexibility index (Phi) is 3.64. The Balaban J connectivity index is 2.06. The third kappa shape index (κ3) is 2.94. The Morgan fingerprint density at radius 2 is 1.96 bits per heavy atom. The second-order valence-corrected chi connectivity index (χ2v) is 6.79. The zero-order valence-electron chi connectivity index (χ0n) is 13.3. The summed E-state index contributed by atoms with van der Waals surface area (Å²) in [5.74, 6) is -1.45. The summed E-state index contributed by atoms with van der Waals surface area (Å²) < 4.78 is 5.44. The van der Waals surface area contributed by atoms with Gasteiger partial charge < -0.3 is 14.8 Å². The maximum absolute atomic E-state index is 12.5. The Hall–Kier alpha value is -2.34. The number of carbonyl (C=O) groups excluding carboxylic acids is 1. The first-order valence-corrected chi connectivity index (χ1v) is 7.57. The number of benzene rings is 1. The number of fused-ring (bicyclic) bond motifs is 3. The summed E-state index contributed by atoms with van der Waals surface area (Å²) in [7, 11) is 0. The van der Waals surface area contributed by atoms with E-state index in [-0.39, 0.29) is 0 Å². The fourth-order valence-electron chi connectivity index (χ4n) is 2.94. The molecule has 0 saturated carbocycles. The van der Waals surface area contributed by atoms with E-state index in [0.29, 0.717) is 12.1 Å². The number of esters is 1. The van der Waals surface area contributed by atoms with Crippen LogP contribution in [0.3, 0.4) is 0 Å². The van der Waals surface area contributed by atoms with E-state index < -0.39 is 29.6 Å². The lowest BCUT2D eigenvalue weighted by atomic mass is 9.94. The number of carboxylic acid groups (broad SMARTS) is 1. The van der Waals surface area contributed by atoms with Gasteiger partial charge in [0.05, 0.1) is 0 Å².